The Bertz CT molecular complexity index is 535. The highest BCUT2D eigenvalue weighted by Crippen LogP contribution is 2.09. The van der Waals surface area contributed by atoms with Crippen LogP contribution in [-0.2, 0) is 6.54 Å². The van der Waals surface area contributed by atoms with Crippen LogP contribution in [0, 0.1) is 10.5 Å². The summed E-state index contributed by atoms with van der Waals surface area (Å²) in [5, 5.41) is 7.93. The summed E-state index contributed by atoms with van der Waals surface area (Å²) in [5.74, 6) is 0. The largest absolute Gasteiger partial charge is 0.268 e. The highest BCUT2D eigenvalue weighted by atomic mass is 127. The molecular formula is C8H7IN4OS. The molecule has 0 radical (unpaired) electrons. The quantitative estimate of drug-likeness (QED) is 0.771. The van der Waals surface area contributed by atoms with Crippen LogP contribution in [0.3, 0.4) is 0 Å². The van der Waals surface area contributed by atoms with Crippen molar-refractivity contribution in [2.75, 3.05) is 0 Å². The van der Waals surface area contributed by atoms with Gasteiger partial charge in [0.05, 0.1) is 23.3 Å². The Morgan fingerprint density at radius 3 is 3.00 bits per heavy atom. The van der Waals surface area contributed by atoms with Gasteiger partial charge in [-0.3, -0.25) is 4.79 Å². The predicted octanol–water partition coefficient (Wildman–Crippen LogP) is 1.06. The standard InChI is InChI=1S/C8H7IN4OS/c1-5-7(15-12-11-5)4-13-8(14)2-6(9)3-10-13/h2-3H,4H2,1H3. The van der Waals surface area contributed by atoms with Crippen LogP contribution in [0.2, 0.25) is 0 Å². The summed E-state index contributed by atoms with van der Waals surface area (Å²) >= 11 is 3.36. The summed E-state index contributed by atoms with van der Waals surface area (Å²) in [6, 6.07) is 1.55. The Morgan fingerprint density at radius 2 is 2.40 bits per heavy atom. The van der Waals surface area contributed by atoms with Gasteiger partial charge in [0.2, 0.25) is 0 Å². The minimum absolute atomic E-state index is 0.102. The molecule has 0 aliphatic rings. The van der Waals surface area contributed by atoms with Crippen molar-refractivity contribution in [1.82, 2.24) is 19.4 Å². The fraction of sp³-hybridized carbons (Fsp3) is 0.250. The lowest BCUT2D eigenvalue weighted by Gasteiger charge is -2.01. The first-order valence-electron chi connectivity index (χ1n) is 4.17. The van der Waals surface area contributed by atoms with Gasteiger partial charge in [0.15, 0.2) is 0 Å². The van der Waals surface area contributed by atoms with Gasteiger partial charge in [-0.1, -0.05) is 4.49 Å². The van der Waals surface area contributed by atoms with Crippen LogP contribution >= 0.6 is 34.1 Å². The molecule has 0 saturated carbocycles. The van der Waals surface area contributed by atoms with Crippen LogP contribution in [0.5, 0.6) is 0 Å². The number of nitrogens with zero attached hydrogens (tertiary/aromatic N) is 4. The third-order valence-corrected chi connectivity index (χ3v) is 3.27. The molecule has 15 heavy (non-hydrogen) atoms. The van der Waals surface area contributed by atoms with Crippen molar-refractivity contribution in [2.24, 2.45) is 0 Å². The van der Waals surface area contributed by atoms with Gasteiger partial charge in [0.25, 0.3) is 5.56 Å². The molecule has 2 aromatic heterocycles. The van der Waals surface area contributed by atoms with E-state index in [4.69, 9.17) is 0 Å². The van der Waals surface area contributed by atoms with Gasteiger partial charge in [-0.15, -0.1) is 5.10 Å². The fourth-order valence-electron chi connectivity index (χ4n) is 1.06. The van der Waals surface area contributed by atoms with E-state index in [1.165, 1.54) is 16.2 Å². The molecule has 0 unspecified atom stereocenters. The Kier molecular flexibility index (Phi) is 3.10. The van der Waals surface area contributed by atoms with Gasteiger partial charge in [-0.2, -0.15) is 5.10 Å². The summed E-state index contributed by atoms with van der Waals surface area (Å²) in [6.07, 6.45) is 1.66. The lowest BCUT2D eigenvalue weighted by atomic mass is 10.4. The normalized spacial score (nSPS) is 10.5. The molecule has 0 fully saturated rings. The Hall–Kier alpha value is -0.830. The fourth-order valence-corrected chi connectivity index (χ4v) is 2.07. The number of rotatable bonds is 2. The maximum atomic E-state index is 11.5. The van der Waals surface area contributed by atoms with E-state index in [9.17, 15) is 4.79 Å². The zero-order valence-electron chi connectivity index (χ0n) is 7.85. The molecular weight excluding hydrogens is 327 g/mol. The first kappa shape index (κ1) is 10.7. The van der Waals surface area contributed by atoms with Crippen molar-refractivity contribution in [1.29, 1.82) is 0 Å². The second-order valence-corrected chi connectivity index (χ2v) is 5.04. The van der Waals surface area contributed by atoms with Crippen molar-refractivity contribution in [3.8, 4) is 0 Å². The number of aromatic nitrogens is 4. The average Bonchev–Trinajstić information content (AvgIpc) is 2.57. The van der Waals surface area contributed by atoms with Crippen molar-refractivity contribution in [3.05, 3.63) is 36.8 Å². The maximum absolute atomic E-state index is 11.5. The number of halogens is 1. The zero-order chi connectivity index (χ0) is 10.8. The smallest absolute Gasteiger partial charge is 0.268 e. The summed E-state index contributed by atoms with van der Waals surface area (Å²) in [6.45, 7) is 2.32. The van der Waals surface area contributed by atoms with Crippen molar-refractivity contribution >= 4 is 34.1 Å². The predicted molar refractivity (Wildman–Crippen MR) is 65.0 cm³/mol. The maximum Gasteiger partial charge on any atom is 0.268 e. The molecule has 7 heteroatoms. The van der Waals surface area contributed by atoms with E-state index in [1.54, 1.807) is 12.3 Å². The summed E-state index contributed by atoms with van der Waals surface area (Å²) in [7, 11) is 0. The van der Waals surface area contributed by atoms with Gasteiger partial charge in [0.1, 0.15) is 0 Å². The minimum Gasteiger partial charge on any atom is -0.268 e. The molecule has 0 bridgehead atoms. The van der Waals surface area contributed by atoms with Gasteiger partial charge in [-0.25, -0.2) is 4.68 Å². The third-order valence-electron chi connectivity index (χ3n) is 1.87. The SMILES string of the molecule is Cc1nnsc1Cn1ncc(I)cc1=O. The van der Waals surface area contributed by atoms with E-state index in [0.717, 1.165) is 14.1 Å². The molecule has 0 amide bonds. The van der Waals surface area contributed by atoms with E-state index in [0.29, 0.717) is 6.54 Å². The van der Waals surface area contributed by atoms with E-state index in [1.807, 2.05) is 6.92 Å². The Morgan fingerprint density at radius 1 is 1.60 bits per heavy atom. The first-order valence-corrected chi connectivity index (χ1v) is 6.02. The lowest BCUT2D eigenvalue weighted by molar-refractivity contribution is 0.640. The molecule has 0 N–H and O–H groups in total. The summed E-state index contributed by atoms with van der Waals surface area (Å²) in [5.41, 5.74) is 0.752. The lowest BCUT2D eigenvalue weighted by Crippen LogP contribution is -2.22. The Balaban J connectivity index is 2.33. The molecule has 2 heterocycles. The number of hydrogen-bond acceptors (Lipinski definition) is 5. The van der Waals surface area contributed by atoms with Gasteiger partial charge in [0, 0.05) is 9.64 Å². The topological polar surface area (TPSA) is 60.7 Å². The third kappa shape index (κ3) is 2.40. The van der Waals surface area contributed by atoms with Gasteiger partial charge in [-0.05, 0) is 41.0 Å². The van der Waals surface area contributed by atoms with Gasteiger partial charge >= 0.3 is 0 Å². The molecule has 78 valence electrons. The van der Waals surface area contributed by atoms with Crippen LogP contribution in [0.1, 0.15) is 10.6 Å². The zero-order valence-corrected chi connectivity index (χ0v) is 10.8. The van der Waals surface area contributed by atoms with Crippen LogP contribution < -0.4 is 5.56 Å². The van der Waals surface area contributed by atoms with Crippen LogP contribution in [0.4, 0.5) is 0 Å². The van der Waals surface area contributed by atoms with Crippen LogP contribution in [0.15, 0.2) is 17.1 Å². The highest BCUT2D eigenvalue weighted by Gasteiger charge is 2.06. The van der Waals surface area contributed by atoms with E-state index < -0.39 is 0 Å². The second-order valence-electron chi connectivity index (χ2n) is 2.95. The Labute approximate surface area is 103 Å². The molecule has 0 aliphatic heterocycles. The van der Waals surface area contributed by atoms with Crippen LogP contribution in [0.25, 0.3) is 0 Å². The number of aryl methyl sites for hydroxylation is 1. The van der Waals surface area contributed by atoms with E-state index >= 15 is 0 Å². The minimum atomic E-state index is -0.102. The van der Waals surface area contributed by atoms with Crippen molar-refractivity contribution in [3.63, 3.8) is 0 Å². The van der Waals surface area contributed by atoms with E-state index in [-0.39, 0.29) is 5.56 Å². The highest BCUT2D eigenvalue weighted by molar-refractivity contribution is 14.1. The molecule has 2 aromatic rings. The summed E-state index contributed by atoms with van der Waals surface area (Å²) in [4.78, 5) is 12.5. The second kappa shape index (κ2) is 4.35. The van der Waals surface area contributed by atoms with Crippen LogP contribution in [-0.4, -0.2) is 19.4 Å². The number of hydrogen-bond donors (Lipinski definition) is 0. The van der Waals surface area contributed by atoms with E-state index in [2.05, 4.69) is 37.3 Å². The average molecular weight is 334 g/mol. The molecule has 0 spiro atoms. The van der Waals surface area contributed by atoms with Gasteiger partial charge < -0.3 is 0 Å². The molecule has 0 atom stereocenters. The summed E-state index contributed by atoms with van der Waals surface area (Å²) < 4.78 is 6.06. The molecule has 0 aromatic carbocycles. The molecule has 0 aliphatic carbocycles. The molecule has 5 nitrogen and oxygen atoms in total. The van der Waals surface area contributed by atoms with Crippen molar-refractivity contribution < 1.29 is 0 Å². The van der Waals surface area contributed by atoms with Crippen molar-refractivity contribution in [2.45, 2.75) is 13.5 Å². The molecule has 0 saturated heterocycles. The molecule has 2 rings (SSSR count). The monoisotopic (exact) mass is 334 g/mol. The first-order chi connectivity index (χ1) is 7.16.